The van der Waals surface area contributed by atoms with Crippen LogP contribution in [-0.4, -0.2) is 44.3 Å². The molecule has 0 bridgehead atoms. The van der Waals surface area contributed by atoms with Crippen LogP contribution in [0.5, 0.6) is 0 Å². The van der Waals surface area contributed by atoms with Gasteiger partial charge in [0.05, 0.1) is 10.6 Å². The first-order valence-electron chi connectivity index (χ1n) is 13.0. The lowest BCUT2D eigenvalue weighted by atomic mass is 10.1. The first kappa shape index (κ1) is 30.2. The number of hydrogen-bond donors (Lipinski definition) is 1. The number of benzene rings is 3. The fraction of sp³-hybridized carbons (Fsp3) is 0.333. The van der Waals surface area contributed by atoms with E-state index in [0.717, 1.165) is 28.3 Å². The quantitative estimate of drug-likeness (QED) is 0.292. The van der Waals surface area contributed by atoms with Crippen LogP contribution in [0.2, 0.25) is 5.02 Å². The lowest BCUT2D eigenvalue weighted by molar-refractivity contribution is -0.139. The second-order valence-corrected chi connectivity index (χ2v) is 11.9. The normalized spacial score (nSPS) is 12.0. The lowest BCUT2D eigenvalue weighted by Gasteiger charge is -2.32. The van der Waals surface area contributed by atoms with Gasteiger partial charge in [-0.2, -0.15) is 0 Å². The van der Waals surface area contributed by atoms with Crippen LogP contribution in [0.15, 0.2) is 77.7 Å². The van der Waals surface area contributed by atoms with Crippen LogP contribution < -0.4 is 9.62 Å². The maximum Gasteiger partial charge on any atom is 0.264 e. The molecule has 0 saturated carbocycles. The summed E-state index contributed by atoms with van der Waals surface area (Å²) in [6.07, 6.45) is 1.73. The van der Waals surface area contributed by atoms with E-state index in [1.165, 1.54) is 17.0 Å². The second kappa shape index (κ2) is 13.6. The van der Waals surface area contributed by atoms with E-state index in [9.17, 15) is 18.0 Å². The number of unbranched alkanes of at least 4 members (excludes halogenated alkanes) is 1. The predicted molar refractivity (Wildman–Crippen MR) is 156 cm³/mol. The molecule has 208 valence electrons. The highest BCUT2D eigenvalue weighted by molar-refractivity contribution is 7.92. The summed E-state index contributed by atoms with van der Waals surface area (Å²) in [6, 6.07) is 19.7. The van der Waals surface area contributed by atoms with Gasteiger partial charge >= 0.3 is 0 Å². The van der Waals surface area contributed by atoms with Gasteiger partial charge in [0.2, 0.25) is 11.8 Å². The zero-order valence-corrected chi connectivity index (χ0v) is 24.4. The summed E-state index contributed by atoms with van der Waals surface area (Å²) in [4.78, 5) is 28.4. The molecule has 0 unspecified atom stereocenters. The summed E-state index contributed by atoms with van der Waals surface area (Å²) in [5.41, 5.74) is 2.75. The van der Waals surface area contributed by atoms with Crippen LogP contribution in [0.3, 0.4) is 0 Å². The second-order valence-electron chi connectivity index (χ2n) is 9.58. The average Bonchev–Trinajstić information content (AvgIpc) is 2.90. The zero-order valence-electron chi connectivity index (χ0n) is 22.9. The Morgan fingerprint density at radius 2 is 1.67 bits per heavy atom. The summed E-state index contributed by atoms with van der Waals surface area (Å²) in [7, 11) is -4.10. The molecule has 0 fully saturated rings. The van der Waals surface area contributed by atoms with E-state index in [-0.39, 0.29) is 17.3 Å². The molecule has 0 aliphatic carbocycles. The molecule has 0 saturated heterocycles. The molecule has 9 heteroatoms. The van der Waals surface area contributed by atoms with Gasteiger partial charge in [0.15, 0.2) is 0 Å². The largest absolute Gasteiger partial charge is 0.354 e. The van der Waals surface area contributed by atoms with Gasteiger partial charge in [-0.1, -0.05) is 73.0 Å². The number of halogens is 1. The summed E-state index contributed by atoms with van der Waals surface area (Å²) in [6.45, 7) is 7.46. The number of anilines is 1. The number of carbonyl (C=O) groups excluding carboxylic acids is 2. The number of amides is 2. The van der Waals surface area contributed by atoms with Gasteiger partial charge in [-0.05, 0) is 68.7 Å². The number of nitrogens with zero attached hydrogens (tertiary/aromatic N) is 2. The molecular weight excluding hydrogens is 534 g/mol. The molecule has 0 aliphatic heterocycles. The highest BCUT2D eigenvalue weighted by Gasteiger charge is 2.33. The van der Waals surface area contributed by atoms with E-state index >= 15 is 0 Å². The molecule has 0 spiro atoms. The van der Waals surface area contributed by atoms with Crippen LogP contribution in [0.1, 0.15) is 43.4 Å². The molecule has 7 nitrogen and oxygen atoms in total. The van der Waals surface area contributed by atoms with E-state index in [4.69, 9.17) is 11.6 Å². The van der Waals surface area contributed by atoms with Crippen molar-refractivity contribution in [1.82, 2.24) is 10.2 Å². The van der Waals surface area contributed by atoms with Crippen molar-refractivity contribution >= 4 is 39.1 Å². The first-order chi connectivity index (χ1) is 18.5. The molecule has 2 amide bonds. The number of carbonyl (C=O) groups is 2. The smallest absolute Gasteiger partial charge is 0.264 e. The Labute approximate surface area is 236 Å². The topological polar surface area (TPSA) is 86.8 Å². The predicted octanol–water partition coefficient (Wildman–Crippen LogP) is 5.49. The van der Waals surface area contributed by atoms with Crippen molar-refractivity contribution in [3.05, 3.63) is 94.5 Å². The molecular formula is C30H36ClN3O4S. The Morgan fingerprint density at radius 3 is 2.31 bits per heavy atom. The van der Waals surface area contributed by atoms with Crippen LogP contribution >= 0.6 is 11.6 Å². The third-order valence-corrected chi connectivity index (χ3v) is 8.52. The fourth-order valence-electron chi connectivity index (χ4n) is 4.14. The fourth-order valence-corrected chi connectivity index (χ4v) is 5.84. The third-order valence-electron chi connectivity index (χ3n) is 6.51. The van der Waals surface area contributed by atoms with Crippen molar-refractivity contribution in [2.75, 3.05) is 17.4 Å². The van der Waals surface area contributed by atoms with Crippen LogP contribution in [0.4, 0.5) is 5.69 Å². The lowest BCUT2D eigenvalue weighted by Crippen LogP contribution is -2.51. The number of nitrogens with one attached hydrogen (secondary N) is 1. The van der Waals surface area contributed by atoms with Crippen molar-refractivity contribution in [2.24, 2.45) is 0 Å². The maximum absolute atomic E-state index is 13.9. The third kappa shape index (κ3) is 7.83. The standard InChI is InChI=1S/C30H36ClN3O4S/c1-5-6-18-32-30(36)24(4)33(20-25-11-9-12-26(31)19-25)29(35)21-34(28-13-8-7-10-23(28)3)39(37,38)27-16-14-22(2)15-17-27/h7-17,19,24H,5-6,18,20-21H2,1-4H3,(H,32,36)/t24-/m0/s1. The van der Waals surface area contributed by atoms with Gasteiger partial charge in [-0.3, -0.25) is 13.9 Å². The van der Waals surface area contributed by atoms with E-state index in [0.29, 0.717) is 22.8 Å². The molecule has 3 rings (SSSR count). The Balaban J connectivity index is 2.01. The Kier molecular flexibility index (Phi) is 10.5. The molecule has 3 aromatic carbocycles. The maximum atomic E-state index is 13.9. The number of aryl methyl sites for hydroxylation is 2. The van der Waals surface area contributed by atoms with E-state index in [1.54, 1.807) is 62.4 Å². The minimum Gasteiger partial charge on any atom is -0.354 e. The molecule has 0 heterocycles. The summed E-state index contributed by atoms with van der Waals surface area (Å²) in [5, 5.41) is 3.38. The van der Waals surface area contributed by atoms with Gasteiger partial charge in [0.1, 0.15) is 12.6 Å². The van der Waals surface area contributed by atoms with E-state index in [1.807, 2.05) is 26.0 Å². The van der Waals surface area contributed by atoms with Crippen molar-refractivity contribution < 1.29 is 18.0 Å². The van der Waals surface area contributed by atoms with Gasteiger partial charge in [0.25, 0.3) is 10.0 Å². The summed E-state index contributed by atoms with van der Waals surface area (Å²) >= 11 is 6.18. The minimum absolute atomic E-state index is 0.0795. The van der Waals surface area contributed by atoms with Gasteiger partial charge in [-0.25, -0.2) is 8.42 Å². The Bertz CT molecular complexity index is 1390. The van der Waals surface area contributed by atoms with Crippen LogP contribution in [-0.2, 0) is 26.2 Å². The van der Waals surface area contributed by atoms with Gasteiger partial charge < -0.3 is 10.2 Å². The summed E-state index contributed by atoms with van der Waals surface area (Å²) in [5.74, 6) is -0.810. The SMILES string of the molecule is CCCCNC(=O)[C@H](C)N(Cc1cccc(Cl)c1)C(=O)CN(c1ccccc1C)S(=O)(=O)c1ccc(C)cc1. The van der Waals surface area contributed by atoms with Gasteiger partial charge in [0, 0.05) is 18.1 Å². The van der Waals surface area contributed by atoms with Crippen molar-refractivity contribution in [1.29, 1.82) is 0 Å². The Morgan fingerprint density at radius 1 is 0.974 bits per heavy atom. The number of rotatable bonds is 12. The molecule has 1 atom stereocenters. The van der Waals surface area contributed by atoms with Gasteiger partial charge in [-0.15, -0.1) is 0 Å². The Hall–Kier alpha value is -3.36. The summed E-state index contributed by atoms with van der Waals surface area (Å²) < 4.78 is 28.9. The van der Waals surface area contributed by atoms with Crippen LogP contribution in [0.25, 0.3) is 0 Å². The first-order valence-corrected chi connectivity index (χ1v) is 14.8. The van der Waals surface area contributed by atoms with Crippen molar-refractivity contribution in [2.45, 2.75) is 58.0 Å². The highest BCUT2D eigenvalue weighted by Crippen LogP contribution is 2.27. The zero-order chi connectivity index (χ0) is 28.6. The van der Waals surface area contributed by atoms with Crippen LogP contribution in [0, 0.1) is 13.8 Å². The molecule has 1 N–H and O–H groups in total. The molecule has 3 aromatic rings. The molecule has 0 aliphatic rings. The van der Waals surface area contributed by atoms with E-state index < -0.39 is 28.5 Å². The minimum atomic E-state index is -4.10. The molecule has 0 aromatic heterocycles. The average molecular weight is 570 g/mol. The van der Waals surface area contributed by atoms with Crippen molar-refractivity contribution in [3.63, 3.8) is 0 Å². The number of para-hydroxylation sites is 1. The monoisotopic (exact) mass is 569 g/mol. The highest BCUT2D eigenvalue weighted by atomic mass is 35.5. The van der Waals surface area contributed by atoms with Crippen molar-refractivity contribution in [3.8, 4) is 0 Å². The van der Waals surface area contributed by atoms with E-state index in [2.05, 4.69) is 5.32 Å². The number of hydrogen-bond acceptors (Lipinski definition) is 4. The molecule has 0 radical (unpaired) electrons. The number of sulfonamides is 1. The molecule has 39 heavy (non-hydrogen) atoms.